The number of primary amides is 1. The van der Waals surface area contributed by atoms with E-state index in [0.29, 0.717) is 0 Å². The van der Waals surface area contributed by atoms with Gasteiger partial charge in [0, 0.05) is 0 Å². The van der Waals surface area contributed by atoms with Crippen molar-refractivity contribution in [3.8, 4) is 0 Å². The van der Waals surface area contributed by atoms with Crippen molar-refractivity contribution in [3.05, 3.63) is 35.4 Å². The molecule has 0 aromatic heterocycles. The van der Waals surface area contributed by atoms with E-state index in [1.54, 1.807) is 0 Å². The smallest absolute Gasteiger partial charge is 0.255 e. The van der Waals surface area contributed by atoms with Crippen LogP contribution in [0.4, 0.5) is 8.78 Å². The summed E-state index contributed by atoms with van der Waals surface area (Å²) in [7, 11) is 0. The zero-order valence-electron chi connectivity index (χ0n) is 11.6. The highest BCUT2D eigenvalue weighted by Crippen LogP contribution is 2.26. The summed E-state index contributed by atoms with van der Waals surface area (Å²) in [6, 6.07) is 2.50. The normalized spacial score (nSPS) is 17.2. The van der Waals surface area contributed by atoms with Crippen LogP contribution in [0, 0.1) is 17.6 Å². The third-order valence-corrected chi connectivity index (χ3v) is 3.91. The van der Waals surface area contributed by atoms with Crippen molar-refractivity contribution in [1.29, 1.82) is 0 Å². The third kappa shape index (κ3) is 3.56. The number of benzene rings is 1. The van der Waals surface area contributed by atoms with Crippen molar-refractivity contribution in [3.63, 3.8) is 0 Å². The number of hydrogen-bond donors (Lipinski definition) is 2. The van der Waals surface area contributed by atoms with Crippen LogP contribution in [0.25, 0.3) is 0 Å². The first-order valence-corrected chi connectivity index (χ1v) is 7.05. The van der Waals surface area contributed by atoms with E-state index in [2.05, 4.69) is 5.32 Å². The first kappa shape index (κ1) is 15.4. The van der Waals surface area contributed by atoms with Crippen LogP contribution in [-0.2, 0) is 4.79 Å². The van der Waals surface area contributed by atoms with Gasteiger partial charge in [-0.1, -0.05) is 25.3 Å². The van der Waals surface area contributed by atoms with Crippen LogP contribution in [0.3, 0.4) is 0 Å². The second kappa shape index (κ2) is 6.65. The molecule has 1 atom stereocenters. The Labute approximate surface area is 121 Å². The number of amides is 2. The summed E-state index contributed by atoms with van der Waals surface area (Å²) in [5.41, 5.74) is 4.92. The van der Waals surface area contributed by atoms with Crippen molar-refractivity contribution in [2.75, 3.05) is 0 Å². The van der Waals surface area contributed by atoms with Gasteiger partial charge in [-0.25, -0.2) is 8.78 Å². The predicted molar refractivity (Wildman–Crippen MR) is 73.4 cm³/mol. The summed E-state index contributed by atoms with van der Waals surface area (Å²) in [5.74, 6) is -3.83. The van der Waals surface area contributed by atoms with Gasteiger partial charge in [0.25, 0.3) is 5.91 Å². The monoisotopic (exact) mass is 296 g/mol. The molecule has 21 heavy (non-hydrogen) atoms. The maximum absolute atomic E-state index is 13.6. The lowest BCUT2D eigenvalue weighted by Crippen LogP contribution is -2.49. The molecular formula is C15H18F2N2O2. The standard InChI is InChI=1S/C15H18F2N2O2/c16-11-8-4-7-10(12(11)17)15(21)19-13(14(18)20)9-5-2-1-3-6-9/h4,7-9,13H,1-3,5-6H2,(H2,18,20)(H,19,21)/t13-/m0/s1. The largest absolute Gasteiger partial charge is 0.368 e. The van der Waals surface area contributed by atoms with Gasteiger partial charge in [-0.3, -0.25) is 9.59 Å². The minimum Gasteiger partial charge on any atom is -0.368 e. The molecule has 1 aliphatic carbocycles. The van der Waals surface area contributed by atoms with Gasteiger partial charge in [-0.15, -0.1) is 0 Å². The maximum Gasteiger partial charge on any atom is 0.255 e. The zero-order chi connectivity index (χ0) is 15.4. The summed E-state index contributed by atoms with van der Waals surface area (Å²) >= 11 is 0. The average Bonchev–Trinajstić information content (AvgIpc) is 2.48. The summed E-state index contributed by atoms with van der Waals surface area (Å²) < 4.78 is 26.7. The number of carbonyl (C=O) groups excluding carboxylic acids is 2. The predicted octanol–water partition coefficient (Wildman–Crippen LogP) is 2.13. The first-order chi connectivity index (χ1) is 10.0. The molecule has 1 saturated carbocycles. The topological polar surface area (TPSA) is 72.2 Å². The lowest BCUT2D eigenvalue weighted by Gasteiger charge is -2.28. The minimum absolute atomic E-state index is 0.0446. The van der Waals surface area contributed by atoms with Gasteiger partial charge >= 0.3 is 0 Å². The van der Waals surface area contributed by atoms with Crippen LogP contribution in [0.2, 0.25) is 0 Å². The van der Waals surface area contributed by atoms with E-state index in [-0.39, 0.29) is 5.92 Å². The van der Waals surface area contributed by atoms with Gasteiger partial charge in [-0.2, -0.15) is 0 Å². The number of hydrogen-bond acceptors (Lipinski definition) is 2. The van der Waals surface area contributed by atoms with E-state index in [4.69, 9.17) is 5.73 Å². The van der Waals surface area contributed by atoms with Gasteiger partial charge in [0.2, 0.25) is 5.91 Å². The molecule has 4 nitrogen and oxygen atoms in total. The SMILES string of the molecule is NC(=O)[C@@H](NC(=O)c1cccc(F)c1F)C1CCCCC1. The number of rotatable bonds is 4. The zero-order valence-corrected chi connectivity index (χ0v) is 11.6. The number of nitrogens with two attached hydrogens (primary N) is 1. The molecule has 0 saturated heterocycles. The van der Waals surface area contributed by atoms with Crippen molar-refractivity contribution < 1.29 is 18.4 Å². The highest BCUT2D eigenvalue weighted by atomic mass is 19.2. The Bertz CT molecular complexity index is 542. The van der Waals surface area contributed by atoms with Crippen LogP contribution >= 0.6 is 0 Å². The quantitative estimate of drug-likeness (QED) is 0.893. The number of halogens is 2. The van der Waals surface area contributed by atoms with Gasteiger partial charge in [0.15, 0.2) is 11.6 Å². The van der Waals surface area contributed by atoms with Crippen molar-refractivity contribution in [2.45, 2.75) is 38.1 Å². The lowest BCUT2D eigenvalue weighted by atomic mass is 9.83. The van der Waals surface area contributed by atoms with Gasteiger partial charge in [0.1, 0.15) is 6.04 Å². The Balaban J connectivity index is 2.14. The Kier molecular flexibility index (Phi) is 4.88. The molecule has 6 heteroatoms. The van der Waals surface area contributed by atoms with Crippen molar-refractivity contribution >= 4 is 11.8 Å². The molecule has 0 unspecified atom stereocenters. The fourth-order valence-electron chi connectivity index (χ4n) is 2.79. The fraction of sp³-hybridized carbons (Fsp3) is 0.467. The second-order valence-electron chi connectivity index (χ2n) is 5.35. The minimum atomic E-state index is -1.22. The second-order valence-corrected chi connectivity index (χ2v) is 5.35. The molecule has 3 N–H and O–H groups in total. The molecule has 2 rings (SSSR count). The highest BCUT2D eigenvalue weighted by molar-refractivity contribution is 5.97. The molecule has 0 radical (unpaired) electrons. The molecule has 2 amide bonds. The van der Waals surface area contributed by atoms with Gasteiger partial charge in [0.05, 0.1) is 5.56 Å². The molecule has 0 bridgehead atoms. The molecule has 1 aromatic carbocycles. The van der Waals surface area contributed by atoms with Crippen molar-refractivity contribution in [2.24, 2.45) is 11.7 Å². The van der Waals surface area contributed by atoms with E-state index in [9.17, 15) is 18.4 Å². The molecule has 0 heterocycles. The first-order valence-electron chi connectivity index (χ1n) is 7.05. The Morgan fingerprint density at radius 1 is 1.19 bits per heavy atom. The average molecular weight is 296 g/mol. The maximum atomic E-state index is 13.6. The van der Waals surface area contributed by atoms with Crippen LogP contribution in [-0.4, -0.2) is 17.9 Å². The summed E-state index contributed by atoms with van der Waals surface area (Å²) in [4.78, 5) is 23.6. The Hall–Kier alpha value is -1.98. The summed E-state index contributed by atoms with van der Waals surface area (Å²) in [6.45, 7) is 0. The third-order valence-electron chi connectivity index (χ3n) is 3.91. The molecule has 1 fully saturated rings. The molecule has 1 aliphatic rings. The van der Waals surface area contributed by atoms with E-state index >= 15 is 0 Å². The van der Waals surface area contributed by atoms with E-state index in [1.807, 2.05) is 0 Å². The summed E-state index contributed by atoms with van der Waals surface area (Å²) in [6.07, 6.45) is 4.62. The Morgan fingerprint density at radius 3 is 2.48 bits per heavy atom. The van der Waals surface area contributed by atoms with Crippen molar-refractivity contribution in [1.82, 2.24) is 5.32 Å². The molecular weight excluding hydrogens is 278 g/mol. The fourth-order valence-corrected chi connectivity index (χ4v) is 2.79. The molecule has 0 spiro atoms. The number of carbonyl (C=O) groups is 2. The van der Waals surface area contributed by atoms with E-state index in [0.717, 1.165) is 38.2 Å². The van der Waals surface area contributed by atoms with E-state index < -0.39 is 35.1 Å². The number of nitrogens with one attached hydrogen (secondary N) is 1. The summed E-state index contributed by atoms with van der Waals surface area (Å²) in [5, 5.41) is 2.45. The van der Waals surface area contributed by atoms with E-state index in [1.165, 1.54) is 12.1 Å². The van der Waals surface area contributed by atoms with Crippen LogP contribution in [0.1, 0.15) is 42.5 Å². The molecule has 114 valence electrons. The van der Waals surface area contributed by atoms with Gasteiger partial charge < -0.3 is 11.1 Å². The molecule has 1 aromatic rings. The van der Waals surface area contributed by atoms with Gasteiger partial charge in [-0.05, 0) is 30.9 Å². The van der Waals surface area contributed by atoms with Crippen LogP contribution < -0.4 is 11.1 Å². The van der Waals surface area contributed by atoms with Crippen LogP contribution in [0.5, 0.6) is 0 Å². The Morgan fingerprint density at radius 2 is 1.86 bits per heavy atom. The highest BCUT2D eigenvalue weighted by Gasteiger charge is 2.30. The lowest BCUT2D eigenvalue weighted by molar-refractivity contribution is -0.121. The van der Waals surface area contributed by atoms with Crippen LogP contribution in [0.15, 0.2) is 18.2 Å². The molecule has 0 aliphatic heterocycles.